The highest BCUT2D eigenvalue weighted by molar-refractivity contribution is 9.10. The van der Waals surface area contributed by atoms with E-state index >= 15 is 0 Å². The molecule has 1 aromatic rings. The first-order chi connectivity index (χ1) is 7.13. The van der Waals surface area contributed by atoms with Gasteiger partial charge in [0, 0.05) is 10.9 Å². The Labute approximate surface area is 96.6 Å². The summed E-state index contributed by atoms with van der Waals surface area (Å²) in [6.45, 7) is 2.11. The second kappa shape index (κ2) is 5.85. The fourth-order valence-corrected chi connectivity index (χ4v) is 1.53. The van der Waals surface area contributed by atoms with Crippen molar-refractivity contribution < 1.29 is 13.9 Å². The molecule has 15 heavy (non-hydrogen) atoms. The van der Waals surface area contributed by atoms with Gasteiger partial charge in [-0.25, -0.2) is 4.39 Å². The van der Waals surface area contributed by atoms with Crippen LogP contribution in [-0.4, -0.2) is 12.6 Å². The Bertz CT molecular complexity index is 352. The van der Waals surface area contributed by atoms with E-state index in [9.17, 15) is 9.18 Å². The average Bonchev–Trinajstić information content (AvgIpc) is 2.17. The average molecular weight is 275 g/mol. The predicted molar refractivity (Wildman–Crippen MR) is 59.1 cm³/mol. The first-order valence-corrected chi connectivity index (χ1v) is 5.52. The molecule has 0 fully saturated rings. The fraction of sp³-hybridized carbons (Fsp3) is 0.364. The smallest absolute Gasteiger partial charge is 0.306 e. The summed E-state index contributed by atoms with van der Waals surface area (Å²) in [6.07, 6.45) is 0.588. The van der Waals surface area contributed by atoms with Crippen LogP contribution in [0.2, 0.25) is 0 Å². The molecule has 0 amide bonds. The zero-order chi connectivity index (χ0) is 11.3. The maximum atomic E-state index is 13.3. The van der Waals surface area contributed by atoms with Crippen molar-refractivity contribution in [1.82, 2.24) is 0 Å². The lowest BCUT2D eigenvalue weighted by molar-refractivity contribution is -0.143. The van der Waals surface area contributed by atoms with E-state index in [0.717, 1.165) is 0 Å². The van der Waals surface area contributed by atoms with Crippen LogP contribution in [0.5, 0.6) is 0 Å². The summed E-state index contributed by atoms with van der Waals surface area (Å²) in [6, 6.07) is 4.81. The van der Waals surface area contributed by atoms with E-state index in [1.54, 1.807) is 19.1 Å². The van der Waals surface area contributed by atoms with Crippen molar-refractivity contribution in [3.8, 4) is 0 Å². The van der Waals surface area contributed by atoms with Crippen molar-refractivity contribution in [2.45, 2.75) is 19.8 Å². The Balaban J connectivity index is 2.54. The number of halogens is 2. The lowest BCUT2D eigenvalue weighted by atomic mass is 10.1. The minimum absolute atomic E-state index is 0.215. The molecule has 1 aromatic carbocycles. The molecule has 0 spiro atoms. The van der Waals surface area contributed by atoms with Crippen LogP contribution in [0.3, 0.4) is 0 Å². The number of rotatable bonds is 4. The summed E-state index contributed by atoms with van der Waals surface area (Å²) >= 11 is 3.17. The van der Waals surface area contributed by atoms with E-state index in [2.05, 4.69) is 15.9 Å². The summed E-state index contributed by atoms with van der Waals surface area (Å²) in [5, 5.41) is 0. The molecule has 0 aliphatic heterocycles. The fourth-order valence-electron chi connectivity index (χ4n) is 1.19. The topological polar surface area (TPSA) is 26.3 Å². The zero-order valence-electron chi connectivity index (χ0n) is 8.43. The van der Waals surface area contributed by atoms with E-state index in [1.807, 2.05) is 0 Å². The number of benzene rings is 1. The van der Waals surface area contributed by atoms with Crippen LogP contribution >= 0.6 is 15.9 Å². The molecule has 4 heteroatoms. The highest BCUT2D eigenvalue weighted by Crippen LogP contribution is 2.16. The van der Waals surface area contributed by atoms with Crippen LogP contribution in [0.15, 0.2) is 22.7 Å². The van der Waals surface area contributed by atoms with Crippen molar-refractivity contribution in [2.75, 3.05) is 6.61 Å². The highest BCUT2D eigenvalue weighted by Gasteiger charge is 2.06. The lowest BCUT2D eigenvalue weighted by Gasteiger charge is -2.03. The maximum absolute atomic E-state index is 13.3. The van der Waals surface area contributed by atoms with E-state index in [4.69, 9.17) is 4.74 Å². The second-order valence-electron chi connectivity index (χ2n) is 3.04. The third kappa shape index (κ3) is 4.00. The number of carbonyl (C=O) groups excluding carboxylic acids is 1. The molecule has 2 nitrogen and oxygen atoms in total. The van der Waals surface area contributed by atoms with Crippen LogP contribution in [0.1, 0.15) is 18.9 Å². The van der Waals surface area contributed by atoms with Gasteiger partial charge in [0.15, 0.2) is 0 Å². The van der Waals surface area contributed by atoms with Gasteiger partial charge >= 0.3 is 5.97 Å². The van der Waals surface area contributed by atoms with Crippen LogP contribution in [0.25, 0.3) is 0 Å². The summed E-state index contributed by atoms with van der Waals surface area (Å²) in [4.78, 5) is 11.0. The largest absolute Gasteiger partial charge is 0.466 e. The summed E-state index contributed by atoms with van der Waals surface area (Å²) in [7, 11) is 0. The van der Waals surface area contributed by atoms with Gasteiger partial charge in [0.1, 0.15) is 5.82 Å². The molecular weight excluding hydrogens is 263 g/mol. The minimum Gasteiger partial charge on any atom is -0.466 e. The van der Waals surface area contributed by atoms with Crippen LogP contribution < -0.4 is 0 Å². The van der Waals surface area contributed by atoms with Gasteiger partial charge in [0.2, 0.25) is 0 Å². The quantitative estimate of drug-likeness (QED) is 0.789. The molecule has 0 aliphatic carbocycles. The lowest BCUT2D eigenvalue weighted by Crippen LogP contribution is -2.05. The Kier molecular flexibility index (Phi) is 4.75. The van der Waals surface area contributed by atoms with Gasteiger partial charge in [-0.3, -0.25) is 4.79 Å². The number of esters is 1. The first-order valence-electron chi connectivity index (χ1n) is 4.73. The Morgan fingerprint density at radius 1 is 1.53 bits per heavy atom. The van der Waals surface area contributed by atoms with Gasteiger partial charge in [0.25, 0.3) is 0 Å². The van der Waals surface area contributed by atoms with Crippen molar-refractivity contribution in [3.63, 3.8) is 0 Å². The SMILES string of the molecule is CCOC(=O)CCc1ccc(Br)cc1F. The van der Waals surface area contributed by atoms with Crippen LogP contribution in [0.4, 0.5) is 4.39 Å². The number of hydrogen-bond acceptors (Lipinski definition) is 2. The predicted octanol–water partition coefficient (Wildman–Crippen LogP) is 3.08. The van der Waals surface area contributed by atoms with E-state index in [-0.39, 0.29) is 18.2 Å². The van der Waals surface area contributed by atoms with Crippen molar-refractivity contribution in [2.24, 2.45) is 0 Å². The Morgan fingerprint density at radius 2 is 2.27 bits per heavy atom. The molecule has 0 radical (unpaired) electrons. The molecule has 0 saturated heterocycles. The van der Waals surface area contributed by atoms with Gasteiger partial charge in [-0.2, -0.15) is 0 Å². The zero-order valence-corrected chi connectivity index (χ0v) is 10.0. The standard InChI is InChI=1S/C11H12BrFO2/c1-2-15-11(14)6-4-8-3-5-9(12)7-10(8)13/h3,5,7H,2,4,6H2,1H3. The summed E-state index contributed by atoms with van der Waals surface area (Å²) in [5.41, 5.74) is 0.534. The van der Waals surface area contributed by atoms with Gasteiger partial charge in [-0.1, -0.05) is 22.0 Å². The number of aryl methyl sites for hydroxylation is 1. The van der Waals surface area contributed by atoms with E-state index in [0.29, 0.717) is 23.1 Å². The molecule has 0 unspecified atom stereocenters. The second-order valence-corrected chi connectivity index (χ2v) is 3.96. The van der Waals surface area contributed by atoms with Gasteiger partial charge in [-0.05, 0) is 31.0 Å². The van der Waals surface area contributed by atoms with Gasteiger partial charge in [-0.15, -0.1) is 0 Å². The molecule has 0 N–H and O–H groups in total. The van der Waals surface area contributed by atoms with Crippen LogP contribution in [-0.2, 0) is 16.0 Å². The van der Waals surface area contributed by atoms with Crippen LogP contribution in [0, 0.1) is 5.82 Å². The van der Waals surface area contributed by atoms with Crippen molar-refractivity contribution in [1.29, 1.82) is 0 Å². The molecule has 0 saturated carbocycles. The monoisotopic (exact) mass is 274 g/mol. The highest BCUT2D eigenvalue weighted by atomic mass is 79.9. The third-order valence-electron chi connectivity index (χ3n) is 1.92. The van der Waals surface area contributed by atoms with Crippen molar-refractivity contribution in [3.05, 3.63) is 34.1 Å². The molecule has 1 rings (SSSR count). The van der Waals surface area contributed by atoms with Gasteiger partial charge in [0.05, 0.1) is 6.61 Å². The Morgan fingerprint density at radius 3 is 2.87 bits per heavy atom. The minimum atomic E-state index is -0.298. The molecule has 0 aromatic heterocycles. The molecule has 82 valence electrons. The third-order valence-corrected chi connectivity index (χ3v) is 2.41. The number of hydrogen-bond donors (Lipinski definition) is 0. The normalized spacial score (nSPS) is 10.1. The molecule has 0 atom stereocenters. The first kappa shape index (κ1) is 12.2. The molecule has 0 aliphatic rings. The van der Waals surface area contributed by atoms with E-state index < -0.39 is 0 Å². The summed E-state index contributed by atoms with van der Waals surface area (Å²) < 4.78 is 18.8. The summed E-state index contributed by atoms with van der Waals surface area (Å²) in [5.74, 6) is -0.589. The molecule has 0 bridgehead atoms. The van der Waals surface area contributed by atoms with Crippen molar-refractivity contribution >= 4 is 21.9 Å². The Hall–Kier alpha value is -0.900. The van der Waals surface area contributed by atoms with Gasteiger partial charge < -0.3 is 4.74 Å². The van der Waals surface area contributed by atoms with E-state index in [1.165, 1.54) is 6.07 Å². The molecular formula is C11H12BrFO2. The number of carbonyl (C=O) groups is 1. The molecule has 0 heterocycles. The number of ether oxygens (including phenoxy) is 1. The maximum Gasteiger partial charge on any atom is 0.306 e.